The van der Waals surface area contributed by atoms with E-state index in [1.54, 1.807) is 0 Å². The minimum Gasteiger partial charge on any atom is -0.387 e. The first-order valence-corrected chi connectivity index (χ1v) is 12.0. The summed E-state index contributed by atoms with van der Waals surface area (Å²) in [4.78, 5) is 34.0. The molecule has 5 N–H and O–H groups in total. The van der Waals surface area contributed by atoms with Gasteiger partial charge >= 0.3 is 13.6 Å². The van der Waals surface area contributed by atoms with Gasteiger partial charge < -0.3 is 29.7 Å². The summed E-state index contributed by atoms with van der Waals surface area (Å²) in [7, 11) is -3.77. The lowest BCUT2D eigenvalue weighted by atomic mass is 10.1. The van der Waals surface area contributed by atoms with Gasteiger partial charge in [-0.1, -0.05) is 12.8 Å². The maximum absolute atomic E-state index is 12.3. The van der Waals surface area contributed by atoms with Crippen LogP contribution in [0.3, 0.4) is 0 Å². The van der Waals surface area contributed by atoms with E-state index in [2.05, 4.69) is 25.6 Å². The van der Waals surface area contributed by atoms with E-state index in [0.29, 0.717) is 0 Å². The number of nitrogens with zero attached hydrogens (tertiary/aromatic N) is 4. The van der Waals surface area contributed by atoms with Crippen molar-refractivity contribution in [3.05, 3.63) is 12.7 Å². The van der Waals surface area contributed by atoms with E-state index in [1.807, 2.05) is 0 Å². The van der Waals surface area contributed by atoms with E-state index in [4.69, 9.17) is 9.26 Å². The van der Waals surface area contributed by atoms with Crippen molar-refractivity contribution in [1.82, 2.24) is 24.8 Å². The highest BCUT2D eigenvalue weighted by atomic mass is 31.2. The minimum atomic E-state index is -3.77. The zero-order chi connectivity index (χ0) is 22.2. The molecule has 2 aliphatic rings. The summed E-state index contributed by atoms with van der Waals surface area (Å²) in [6.07, 6.45) is 1.82. The number of aromatic nitrogens is 4. The number of urea groups is 1. The second-order valence-corrected chi connectivity index (χ2v) is 9.64. The quantitative estimate of drug-likeness (QED) is 0.380. The molecule has 2 aromatic rings. The monoisotopic (exact) mass is 456 g/mol. The van der Waals surface area contributed by atoms with E-state index in [9.17, 15) is 24.5 Å². The average Bonchev–Trinajstić information content (AvgIpc) is 3.42. The number of carbonyl (C=O) groups excluding carboxylic acids is 1. The molecule has 1 aliphatic heterocycles. The van der Waals surface area contributed by atoms with E-state index in [-0.39, 0.29) is 35.7 Å². The fourth-order valence-corrected chi connectivity index (χ4v) is 4.26. The van der Waals surface area contributed by atoms with Crippen LogP contribution in [0.5, 0.6) is 0 Å². The van der Waals surface area contributed by atoms with Crippen LogP contribution in [0.15, 0.2) is 12.7 Å². The molecule has 2 amide bonds. The third-order valence-electron chi connectivity index (χ3n) is 5.37. The van der Waals surface area contributed by atoms with Crippen molar-refractivity contribution in [2.75, 3.05) is 18.6 Å². The van der Waals surface area contributed by atoms with Crippen LogP contribution in [0.2, 0.25) is 0 Å². The molecule has 14 heteroatoms. The molecular formula is C17H25N6O7P. The highest BCUT2D eigenvalue weighted by Gasteiger charge is 2.45. The van der Waals surface area contributed by atoms with Crippen molar-refractivity contribution >= 4 is 30.6 Å². The Labute approximate surface area is 177 Å². The summed E-state index contributed by atoms with van der Waals surface area (Å²) in [5.74, 6) is 0.194. The number of amides is 2. The van der Waals surface area contributed by atoms with Gasteiger partial charge in [-0.25, -0.2) is 19.7 Å². The third-order valence-corrected chi connectivity index (χ3v) is 6.00. The van der Waals surface area contributed by atoms with Crippen molar-refractivity contribution in [3.63, 3.8) is 0 Å². The molecule has 5 atom stereocenters. The second kappa shape index (κ2) is 8.77. The largest absolute Gasteiger partial charge is 0.387 e. The summed E-state index contributed by atoms with van der Waals surface area (Å²) in [6.45, 7) is 0.634. The number of aliphatic hydroxyl groups is 2. The molecule has 170 valence electrons. The fourth-order valence-electron chi connectivity index (χ4n) is 3.84. The van der Waals surface area contributed by atoms with E-state index in [0.717, 1.165) is 32.3 Å². The first-order chi connectivity index (χ1) is 14.7. The van der Waals surface area contributed by atoms with E-state index < -0.39 is 32.1 Å². The number of carbonyl (C=O) groups is 1. The van der Waals surface area contributed by atoms with E-state index in [1.165, 1.54) is 17.2 Å². The van der Waals surface area contributed by atoms with Crippen LogP contribution in [0.4, 0.5) is 10.6 Å². The molecule has 0 spiro atoms. The highest BCUT2D eigenvalue weighted by Crippen LogP contribution is 2.39. The smallest absolute Gasteiger partial charge is 0.325 e. The summed E-state index contributed by atoms with van der Waals surface area (Å²) >= 11 is 0. The SMILES string of the molecule is CP(=O)(O)OC[C@H]1O[C@@H](n2cnc3c(NC(=O)NC4CCCC4)ncnc32)C(O)C1O. The van der Waals surface area contributed by atoms with Gasteiger partial charge in [-0.05, 0) is 12.8 Å². The number of rotatable bonds is 6. The standard InChI is InChI=1S/C17H25N6O7P/c1-31(27,28)29-6-10-12(24)13(25)16(30-10)23-8-20-11-14(18-7-19-15(11)23)22-17(26)21-9-4-2-3-5-9/h7-10,12-13,16,24-25H,2-6H2,1H3,(H,27,28)(H2,18,19,21,22,26)/t10-,12?,13?,16-/m1/s1. The van der Waals surface area contributed by atoms with E-state index >= 15 is 0 Å². The van der Waals surface area contributed by atoms with Gasteiger partial charge in [0, 0.05) is 12.7 Å². The number of ether oxygens (including phenoxy) is 1. The summed E-state index contributed by atoms with van der Waals surface area (Å²) in [6, 6.07) is -0.255. The van der Waals surface area contributed by atoms with Crippen LogP contribution >= 0.6 is 7.60 Å². The molecular weight excluding hydrogens is 431 g/mol. The number of hydrogen-bond donors (Lipinski definition) is 5. The Bertz CT molecular complexity index is 991. The Morgan fingerprint density at radius 2 is 2.03 bits per heavy atom. The predicted molar refractivity (Wildman–Crippen MR) is 107 cm³/mol. The highest BCUT2D eigenvalue weighted by molar-refractivity contribution is 7.51. The molecule has 2 fully saturated rings. The molecule has 31 heavy (non-hydrogen) atoms. The first kappa shape index (κ1) is 22.1. The number of nitrogens with one attached hydrogen (secondary N) is 2. The van der Waals surface area contributed by atoms with Gasteiger partial charge in [0.25, 0.3) is 0 Å². The van der Waals surface area contributed by atoms with Crippen LogP contribution in [-0.4, -0.2) is 78.3 Å². The molecule has 3 heterocycles. The number of fused-ring (bicyclic) bond motifs is 1. The van der Waals surface area contributed by atoms with Crippen LogP contribution in [-0.2, 0) is 13.8 Å². The molecule has 13 nitrogen and oxygen atoms in total. The van der Waals surface area contributed by atoms with Gasteiger partial charge in [0.15, 0.2) is 23.2 Å². The zero-order valence-electron chi connectivity index (χ0n) is 16.8. The Kier molecular flexibility index (Phi) is 6.24. The number of anilines is 1. The molecule has 0 aromatic carbocycles. The topological polar surface area (TPSA) is 181 Å². The van der Waals surface area contributed by atoms with Gasteiger partial charge in [0.05, 0.1) is 12.9 Å². The lowest BCUT2D eigenvalue weighted by Crippen LogP contribution is -2.36. The molecule has 4 rings (SSSR count). The van der Waals surface area contributed by atoms with Gasteiger partial charge in [-0.2, -0.15) is 0 Å². The predicted octanol–water partition coefficient (Wildman–Crippen LogP) is 0.341. The number of aliphatic hydroxyl groups excluding tert-OH is 2. The summed E-state index contributed by atoms with van der Waals surface area (Å²) in [5, 5.41) is 26.2. The maximum atomic E-state index is 12.3. The van der Waals surface area contributed by atoms with Crippen molar-refractivity contribution < 1.29 is 33.7 Å². The minimum absolute atomic E-state index is 0.134. The van der Waals surface area contributed by atoms with Gasteiger partial charge in [0.1, 0.15) is 24.6 Å². The average molecular weight is 456 g/mol. The molecule has 2 aromatic heterocycles. The summed E-state index contributed by atoms with van der Waals surface area (Å²) < 4.78 is 23.2. The summed E-state index contributed by atoms with van der Waals surface area (Å²) in [5.41, 5.74) is 0.551. The Morgan fingerprint density at radius 3 is 2.74 bits per heavy atom. The fraction of sp³-hybridized carbons (Fsp3) is 0.647. The Morgan fingerprint density at radius 1 is 1.29 bits per heavy atom. The van der Waals surface area contributed by atoms with Gasteiger partial charge in [-0.15, -0.1) is 0 Å². The van der Waals surface area contributed by atoms with Crippen molar-refractivity contribution in [2.45, 2.75) is 56.3 Å². The molecule has 0 bridgehead atoms. The Hall–Kier alpha value is -2.15. The lowest BCUT2D eigenvalue weighted by molar-refractivity contribution is -0.0483. The molecule has 1 saturated heterocycles. The maximum Gasteiger partial charge on any atom is 0.325 e. The third kappa shape index (κ3) is 4.86. The van der Waals surface area contributed by atoms with Crippen molar-refractivity contribution in [2.24, 2.45) is 0 Å². The van der Waals surface area contributed by atoms with Gasteiger partial charge in [0.2, 0.25) is 0 Å². The molecule has 1 aliphatic carbocycles. The normalized spacial score (nSPS) is 28.6. The molecule has 1 saturated carbocycles. The van der Waals surface area contributed by atoms with Crippen LogP contribution in [0.1, 0.15) is 31.9 Å². The lowest BCUT2D eigenvalue weighted by Gasteiger charge is -2.17. The van der Waals surface area contributed by atoms with Gasteiger partial charge in [-0.3, -0.25) is 14.4 Å². The van der Waals surface area contributed by atoms with Crippen LogP contribution in [0.25, 0.3) is 11.2 Å². The zero-order valence-corrected chi connectivity index (χ0v) is 17.7. The van der Waals surface area contributed by atoms with Crippen molar-refractivity contribution in [1.29, 1.82) is 0 Å². The Balaban J connectivity index is 1.50. The molecule has 3 unspecified atom stereocenters. The second-order valence-electron chi connectivity index (χ2n) is 7.77. The van der Waals surface area contributed by atoms with Crippen molar-refractivity contribution in [3.8, 4) is 0 Å². The number of hydrogen-bond acceptors (Lipinski definition) is 9. The van der Waals surface area contributed by atoms with Crippen LogP contribution in [0, 0.1) is 0 Å². The number of imidazole rings is 1. The van der Waals surface area contributed by atoms with Crippen LogP contribution < -0.4 is 10.6 Å². The molecule has 0 radical (unpaired) electrons. The first-order valence-electron chi connectivity index (χ1n) is 9.94.